The number of hydrogen-bond donors (Lipinski definition) is 0. The van der Waals surface area contributed by atoms with E-state index < -0.39 is 0 Å². The maximum Gasteiger partial charge on any atom is 0.161 e. The van der Waals surface area contributed by atoms with Crippen LogP contribution in [0.25, 0.3) is 93.7 Å². The first-order chi connectivity index (χ1) is 24.3. The first kappa shape index (κ1) is 27.5. The third kappa shape index (κ3) is 4.37. The van der Waals surface area contributed by atoms with Gasteiger partial charge in [0.25, 0.3) is 0 Å². The summed E-state index contributed by atoms with van der Waals surface area (Å²) in [5, 5.41) is 9.56. The van der Waals surface area contributed by atoms with E-state index in [0.29, 0.717) is 5.82 Å². The van der Waals surface area contributed by atoms with Gasteiger partial charge < -0.3 is 4.57 Å². The zero-order valence-corrected chi connectivity index (χ0v) is 26.6. The van der Waals surface area contributed by atoms with Crippen molar-refractivity contribution in [3.05, 3.63) is 176 Å². The van der Waals surface area contributed by atoms with Crippen LogP contribution in [0, 0.1) is 0 Å². The Bertz CT molecular complexity index is 2830. The molecule has 0 radical (unpaired) electrons. The van der Waals surface area contributed by atoms with Crippen LogP contribution in [0.3, 0.4) is 0 Å². The molecule has 10 aromatic rings. The van der Waals surface area contributed by atoms with Gasteiger partial charge in [-0.2, -0.15) is 0 Å². The van der Waals surface area contributed by atoms with E-state index in [-0.39, 0.29) is 0 Å². The number of nitrogens with zero attached hydrogens (tertiary/aromatic N) is 3. The van der Waals surface area contributed by atoms with Crippen LogP contribution in [0.5, 0.6) is 0 Å². The molecule has 0 atom stereocenters. The molecule has 2 heterocycles. The van der Waals surface area contributed by atoms with Crippen molar-refractivity contribution >= 4 is 54.1 Å². The zero-order valence-electron chi connectivity index (χ0n) is 26.6. The second-order valence-electron chi connectivity index (χ2n) is 12.6. The molecule has 0 saturated heterocycles. The van der Waals surface area contributed by atoms with Crippen molar-refractivity contribution < 1.29 is 0 Å². The average molecular weight is 624 g/mol. The van der Waals surface area contributed by atoms with Gasteiger partial charge in [-0.15, -0.1) is 0 Å². The Hall–Kier alpha value is -6.58. The lowest BCUT2D eigenvalue weighted by atomic mass is 9.92. The lowest BCUT2D eigenvalue weighted by molar-refractivity contribution is 1.15. The van der Waals surface area contributed by atoms with Gasteiger partial charge in [0.1, 0.15) is 0 Å². The minimum Gasteiger partial charge on any atom is -0.309 e. The summed E-state index contributed by atoms with van der Waals surface area (Å²) in [5.74, 6) is 0.713. The summed E-state index contributed by atoms with van der Waals surface area (Å²) >= 11 is 0. The van der Waals surface area contributed by atoms with Crippen molar-refractivity contribution in [3.63, 3.8) is 0 Å². The third-order valence-electron chi connectivity index (χ3n) is 9.79. The molecule has 0 aliphatic heterocycles. The summed E-state index contributed by atoms with van der Waals surface area (Å²) < 4.78 is 2.38. The van der Waals surface area contributed by atoms with Gasteiger partial charge in [-0.05, 0) is 62.6 Å². The van der Waals surface area contributed by atoms with E-state index in [1.54, 1.807) is 0 Å². The van der Waals surface area contributed by atoms with Crippen molar-refractivity contribution in [2.45, 2.75) is 0 Å². The molecule has 3 nitrogen and oxygen atoms in total. The highest BCUT2D eigenvalue weighted by molar-refractivity contribution is 6.19. The average Bonchev–Trinajstić information content (AvgIpc) is 3.51. The van der Waals surface area contributed by atoms with Crippen molar-refractivity contribution in [2.24, 2.45) is 0 Å². The molecule has 49 heavy (non-hydrogen) atoms. The van der Waals surface area contributed by atoms with Gasteiger partial charge in [-0.25, -0.2) is 9.97 Å². The number of aromatic nitrogens is 3. The van der Waals surface area contributed by atoms with Crippen LogP contribution in [0.4, 0.5) is 0 Å². The van der Waals surface area contributed by atoms with Gasteiger partial charge in [0.15, 0.2) is 5.82 Å². The van der Waals surface area contributed by atoms with Gasteiger partial charge >= 0.3 is 0 Å². The zero-order chi connectivity index (χ0) is 32.3. The van der Waals surface area contributed by atoms with Crippen molar-refractivity contribution in [3.8, 4) is 39.6 Å². The van der Waals surface area contributed by atoms with Gasteiger partial charge in [0.2, 0.25) is 0 Å². The number of rotatable bonds is 4. The predicted octanol–water partition coefficient (Wildman–Crippen LogP) is 12.0. The van der Waals surface area contributed by atoms with Crippen molar-refractivity contribution in [2.75, 3.05) is 0 Å². The van der Waals surface area contributed by atoms with Crippen LogP contribution >= 0.6 is 0 Å². The lowest BCUT2D eigenvalue weighted by Crippen LogP contribution is -2.01. The van der Waals surface area contributed by atoms with Crippen LogP contribution in [0.15, 0.2) is 176 Å². The van der Waals surface area contributed by atoms with E-state index in [1.165, 1.54) is 43.4 Å². The minimum atomic E-state index is 0.713. The van der Waals surface area contributed by atoms with Crippen LogP contribution in [-0.4, -0.2) is 14.5 Å². The summed E-state index contributed by atoms with van der Waals surface area (Å²) in [5.41, 5.74) is 8.33. The highest BCUT2D eigenvalue weighted by Gasteiger charge is 2.20. The molecule has 10 rings (SSSR count). The Morgan fingerprint density at radius 3 is 1.73 bits per heavy atom. The first-order valence-corrected chi connectivity index (χ1v) is 16.7. The van der Waals surface area contributed by atoms with E-state index in [9.17, 15) is 0 Å². The quantitative estimate of drug-likeness (QED) is 0.144. The van der Waals surface area contributed by atoms with E-state index in [0.717, 1.165) is 44.5 Å². The number of para-hydroxylation sites is 3. The van der Waals surface area contributed by atoms with Gasteiger partial charge in [0.05, 0.1) is 28.1 Å². The monoisotopic (exact) mass is 623 g/mol. The highest BCUT2D eigenvalue weighted by Crippen LogP contribution is 2.41. The SMILES string of the molecule is c1ccc(-c2cc(-c3ccccc3-n3c4ccccc4c4ccccc43)nc(-c3c4ccccc4cc4c3ccc3ccccc34)n2)cc1. The molecule has 0 bridgehead atoms. The summed E-state index contributed by atoms with van der Waals surface area (Å²) in [6, 6.07) is 62.5. The Morgan fingerprint density at radius 1 is 0.367 bits per heavy atom. The molecule has 0 aliphatic carbocycles. The highest BCUT2D eigenvalue weighted by atomic mass is 15.0. The number of benzene rings is 8. The minimum absolute atomic E-state index is 0.713. The predicted molar refractivity (Wildman–Crippen MR) is 205 cm³/mol. The molecule has 0 fully saturated rings. The molecule has 0 amide bonds. The molecule has 0 saturated carbocycles. The molecule has 0 spiro atoms. The Morgan fingerprint density at radius 2 is 0.959 bits per heavy atom. The maximum absolute atomic E-state index is 5.49. The van der Waals surface area contributed by atoms with Crippen LogP contribution in [-0.2, 0) is 0 Å². The smallest absolute Gasteiger partial charge is 0.161 e. The molecule has 8 aromatic carbocycles. The largest absolute Gasteiger partial charge is 0.309 e. The van der Waals surface area contributed by atoms with Gasteiger partial charge in [-0.3, -0.25) is 0 Å². The molecule has 0 N–H and O–H groups in total. The summed E-state index contributed by atoms with van der Waals surface area (Å²) in [4.78, 5) is 10.8. The normalized spacial score (nSPS) is 11.7. The fraction of sp³-hybridized carbons (Fsp3) is 0. The molecular formula is C46H29N3. The Kier molecular flexibility index (Phi) is 6.18. The Labute approximate surface area is 283 Å². The molecular weight excluding hydrogens is 595 g/mol. The van der Waals surface area contributed by atoms with Crippen LogP contribution in [0.2, 0.25) is 0 Å². The standard InChI is InChI=1S/C46H29N3/c1-2-15-31(16-3-1)40-29-41(38-22-10-13-25-44(38)49-42-23-11-8-20-35(42)36-21-9-12-24-43(36)49)48-46(47-40)45-34-19-7-5-17-32(34)28-39-33-18-6-4-14-30(33)26-27-37(39)45/h1-29H. The van der Waals surface area contributed by atoms with Crippen LogP contribution in [0.1, 0.15) is 0 Å². The summed E-state index contributed by atoms with van der Waals surface area (Å²) in [6.45, 7) is 0. The third-order valence-corrected chi connectivity index (χ3v) is 9.79. The van der Waals surface area contributed by atoms with Crippen LogP contribution < -0.4 is 0 Å². The molecule has 3 heteroatoms. The first-order valence-electron chi connectivity index (χ1n) is 16.7. The number of fused-ring (bicyclic) bond motifs is 7. The summed E-state index contributed by atoms with van der Waals surface area (Å²) in [6.07, 6.45) is 0. The maximum atomic E-state index is 5.49. The van der Waals surface area contributed by atoms with E-state index in [2.05, 4.69) is 174 Å². The molecule has 228 valence electrons. The van der Waals surface area contributed by atoms with Crippen molar-refractivity contribution in [1.29, 1.82) is 0 Å². The van der Waals surface area contributed by atoms with Crippen molar-refractivity contribution in [1.82, 2.24) is 14.5 Å². The second kappa shape index (κ2) is 11.0. The van der Waals surface area contributed by atoms with E-state index >= 15 is 0 Å². The Balaban J connectivity index is 1.31. The van der Waals surface area contributed by atoms with Gasteiger partial charge in [-0.1, -0.05) is 146 Å². The van der Waals surface area contributed by atoms with E-state index in [1.807, 2.05) is 6.07 Å². The van der Waals surface area contributed by atoms with Gasteiger partial charge in [0, 0.05) is 27.5 Å². The fourth-order valence-corrected chi connectivity index (χ4v) is 7.58. The topological polar surface area (TPSA) is 30.7 Å². The van der Waals surface area contributed by atoms with E-state index in [4.69, 9.17) is 9.97 Å². The second-order valence-corrected chi connectivity index (χ2v) is 12.6. The summed E-state index contributed by atoms with van der Waals surface area (Å²) in [7, 11) is 0. The number of hydrogen-bond acceptors (Lipinski definition) is 2. The lowest BCUT2D eigenvalue weighted by Gasteiger charge is -2.17. The molecule has 0 aliphatic rings. The molecule has 0 unspecified atom stereocenters. The fourth-order valence-electron chi connectivity index (χ4n) is 7.58. The molecule has 2 aromatic heterocycles.